The third-order valence-electron chi connectivity index (χ3n) is 3.84. The van der Waals surface area contributed by atoms with Crippen LogP contribution in [0.4, 0.5) is 0 Å². The molecule has 0 aromatic carbocycles. The van der Waals surface area contributed by atoms with Crippen LogP contribution in [0.5, 0.6) is 0 Å². The van der Waals surface area contributed by atoms with Gasteiger partial charge in [-0.05, 0) is 12.7 Å². The van der Waals surface area contributed by atoms with E-state index in [0.717, 1.165) is 5.69 Å². The van der Waals surface area contributed by atoms with Gasteiger partial charge < -0.3 is 10.0 Å². The number of carbonyl (C=O) groups is 1. The van der Waals surface area contributed by atoms with Gasteiger partial charge in [0.05, 0.1) is 17.4 Å². The molecule has 1 saturated heterocycles. The summed E-state index contributed by atoms with van der Waals surface area (Å²) in [6.07, 6.45) is 9.91. The number of thioether (sulfide) groups is 1. The van der Waals surface area contributed by atoms with Crippen molar-refractivity contribution in [2.75, 3.05) is 19.3 Å². The number of aliphatic hydroxyl groups excluding tert-OH is 1. The van der Waals surface area contributed by atoms with Gasteiger partial charge in [-0.15, -0.1) is 0 Å². The summed E-state index contributed by atoms with van der Waals surface area (Å²) in [7, 11) is 0. The topological polar surface area (TPSA) is 92.1 Å². The minimum absolute atomic E-state index is 0.0398. The Morgan fingerprint density at radius 3 is 2.70 bits per heavy atom. The lowest BCUT2D eigenvalue weighted by Crippen LogP contribution is -2.29. The van der Waals surface area contributed by atoms with E-state index in [-0.39, 0.29) is 11.8 Å². The summed E-state index contributed by atoms with van der Waals surface area (Å²) in [6.45, 7) is 0.800. The highest BCUT2D eigenvalue weighted by molar-refractivity contribution is 7.98. The van der Waals surface area contributed by atoms with E-state index in [1.54, 1.807) is 23.5 Å². The smallest absolute Gasteiger partial charge is 0.257 e. The van der Waals surface area contributed by atoms with Crippen molar-refractivity contribution in [1.29, 1.82) is 0 Å². The fraction of sp³-hybridized carbons (Fsp3) is 0.400. The second-order valence-electron chi connectivity index (χ2n) is 5.40. The molecule has 3 heterocycles. The Morgan fingerprint density at radius 2 is 2.04 bits per heavy atom. The van der Waals surface area contributed by atoms with E-state index in [1.165, 1.54) is 24.2 Å². The molecular formula is C15H17N5O2S. The van der Waals surface area contributed by atoms with Crippen molar-refractivity contribution in [2.45, 2.75) is 17.7 Å². The van der Waals surface area contributed by atoms with E-state index in [1.807, 2.05) is 6.26 Å². The Labute approximate surface area is 138 Å². The van der Waals surface area contributed by atoms with Crippen LogP contribution in [0.3, 0.4) is 0 Å². The Bertz CT molecular complexity index is 667. The second-order valence-corrected chi connectivity index (χ2v) is 6.17. The van der Waals surface area contributed by atoms with E-state index in [0.29, 0.717) is 30.2 Å². The van der Waals surface area contributed by atoms with E-state index >= 15 is 0 Å². The summed E-state index contributed by atoms with van der Waals surface area (Å²) in [5.74, 6) is -0.194. The maximum Gasteiger partial charge on any atom is 0.257 e. The zero-order chi connectivity index (χ0) is 16.2. The van der Waals surface area contributed by atoms with Gasteiger partial charge in [-0.1, -0.05) is 11.8 Å². The van der Waals surface area contributed by atoms with Crippen LogP contribution >= 0.6 is 11.8 Å². The Hall–Kier alpha value is -2.06. The highest BCUT2D eigenvalue weighted by atomic mass is 32.2. The van der Waals surface area contributed by atoms with Gasteiger partial charge in [0.25, 0.3) is 5.91 Å². The summed E-state index contributed by atoms with van der Waals surface area (Å²) < 4.78 is 0. The second kappa shape index (κ2) is 7.01. The van der Waals surface area contributed by atoms with Gasteiger partial charge in [0, 0.05) is 50.0 Å². The molecule has 1 fully saturated rings. The number of hydrogen-bond acceptors (Lipinski definition) is 7. The molecule has 0 aliphatic carbocycles. The number of carbonyl (C=O) groups excluding carboxylic acids is 1. The molecule has 7 nitrogen and oxygen atoms in total. The van der Waals surface area contributed by atoms with Crippen molar-refractivity contribution in [1.82, 2.24) is 24.8 Å². The number of nitrogens with zero attached hydrogens (tertiary/aromatic N) is 5. The highest BCUT2D eigenvalue weighted by Gasteiger charge is 2.34. The summed E-state index contributed by atoms with van der Waals surface area (Å²) in [4.78, 5) is 30.6. The van der Waals surface area contributed by atoms with Crippen molar-refractivity contribution in [3.05, 3.63) is 42.2 Å². The molecule has 2 aromatic heterocycles. The van der Waals surface area contributed by atoms with Crippen molar-refractivity contribution < 1.29 is 9.90 Å². The number of rotatable bonds is 4. The maximum atomic E-state index is 12.5. The molecule has 1 N–H and O–H groups in total. The molecule has 0 unspecified atom stereocenters. The molecule has 3 rings (SSSR count). The molecule has 0 bridgehead atoms. The lowest BCUT2D eigenvalue weighted by Gasteiger charge is -2.15. The lowest BCUT2D eigenvalue weighted by molar-refractivity contribution is 0.0763. The van der Waals surface area contributed by atoms with Crippen LogP contribution in [-0.4, -0.2) is 61.3 Å². The summed E-state index contributed by atoms with van der Waals surface area (Å²) in [5.41, 5.74) is 1.26. The minimum atomic E-state index is -0.563. The maximum absolute atomic E-state index is 12.5. The van der Waals surface area contributed by atoms with E-state index in [9.17, 15) is 9.90 Å². The molecule has 8 heteroatoms. The molecule has 2 aromatic rings. The van der Waals surface area contributed by atoms with Crippen LogP contribution in [-0.2, 0) is 6.42 Å². The van der Waals surface area contributed by atoms with E-state index < -0.39 is 6.10 Å². The number of amides is 1. The van der Waals surface area contributed by atoms with Gasteiger partial charge in [-0.3, -0.25) is 14.8 Å². The number of hydrogen-bond donors (Lipinski definition) is 1. The normalized spacial score (nSPS) is 20.7. The quantitative estimate of drug-likeness (QED) is 0.650. The van der Waals surface area contributed by atoms with Gasteiger partial charge in [-0.2, -0.15) is 0 Å². The molecule has 1 amide bonds. The summed E-state index contributed by atoms with van der Waals surface area (Å²) >= 11 is 1.42. The SMILES string of the molecule is CSc1ncc(C(=O)N2C[C@@H](Cc3cnccn3)[C@H](O)C2)cn1. The predicted octanol–water partition coefficient (Wildman–Crippen LogP) is 0.664. The van der Waals surface area contributed by atoms with Gasteiger partial charge >= 0.3 is 0 Å². The van der Waals surface area contributed by atoms with Crippen LogP contribution in [0, 0.1) is 5.92 Å². The van der Waals surface area contributed by atoms with E-state index in [4.69, 9.17) is 0 Å². The molecule has 2 atom stereocenters. The number of likely N-dealkylation sites (tertiary alicyclic amines) is 1. The Kier molecular flexibility index (Phi) is 4.82. The molecule has 23 heavy (non-hydrogen) atoms. The van der Waals surface area contributed by atoms with Gasteiger partial charge in [0.2, 0.25) is 0 Å². The first-order valence-electron chi connectivity index (χ1n) is 7.25. The van der Waals surface area contributed by atoms with Gasteiger partial charge in [-0.25, -0.2) is 9.97 Å². The van der Waals surface area contributed by atoms with Crippen LogP contribution in [0.25, 0.3) is 0 Å². The molecule has 0 radical (unpaired) electrons. The number of aromatic nitrogens is 4. The lowest BCUT2D eigenvalue weighted by atomic mass is 10.0. The summed E-state index contributed by atoms with van der Waals surface area (Å²) in [5, 5.41) is 10.9. The zero-order valence-corrected chi connectivity index (χ0v) is 13.5. The molecular weight excluding hydrogens is 314 g/mol. The first-order chi connectivity index (χ1) is 11.2. The highest BCUT2D eigenvalue weighted by Crippen LogP contribution is 2.22. The van der Waals surface area contributed by atoms with Crippen molar-refractivity contribution in [3.8, 4) is 0 Å². The van der Waals surface area contributed by atoms with Crippen LogP contribution in [0.15, 0.2) is 36.1 Å². The third-order valence-corrected chi connectivity index (χ3v) is 4.42. The number of β-amino-alcohol motifs (C(OH)–C–C–N with tert-alkyl or cyclic N) is 1. The van der Waals surface area contributed by atoms with E-state index in [2.05, 4.69) is 19.9 Å². The average molecular weight is 331 g/mol. The predicted molar refractivity (Wildman–Crippen MR) is 84.9 cm³/mol. The minimum Gasteiger partial charge on any atom is -0.391 e. The Balaban J connectivity index is 1.66. The Morgan fingerprint density at radius 1 is 1.26 bits per heavy atom. The van der Waals surface area contributed by atoms with Crippen LogP contribution in [0.2, 0.25) is 0 Å². The molecule has 1 aliphatic rings. The molecule has 1 aliphatic heterocycles. The van der Waals surface area contributed by atoms with Gasteiger partial charge in [0.1, 0.15) is 0 Å². The average Bonchev–Trinajstić information content (AvgIpc) is 2.96. The fourth-order valence-electron chi connectivity index (χ4n) is 2.64. The number of aliphatic hydroxyl groups is 1. The monoisotopic (exact) mass is 331 g/mol. The third kappa shape index (κ3) is 3.65. The zero-order valence-electron chi connectivity index (χ0n) is 12.7. The van der Waals surface area contributed by atoms with Gasteiger partial charge in [0.15, 0.2) is 5.16 Å². The summed E-state index contributed by atoms with van der Waals surface area (Å²) in [6, 6.07) is 0. The first-order valence-corrected chi connectivity index (χ1v) is 8.48. The molecule has 0 spiro atoms. The van der Waals surface area contributed by atoms with Crippen molar-refractivity contribution >= 4 is 17.7 Å². The van der Waals surface area contributed by atoms with Crippen LogP contribution < -0.4 is 0 Å². The van der Waals surface area contributed by atoms with Crippen LogP contribution in [0.1, 0.15) is 16.1 Å². The molecule has 120 valence electrons. The standard InChI is InChI=1S/C15H17N5O2S/c1-23-15-18-5-11(6-19-15)14(22)20-8-10(13(21)9-20)4-12-7-16-2-3-17-12/h2-3,5-7,10,13,21H,4,8-9H2,1H3/t10-,13-/m1/s1. The fourth-order valence-corrected chi connectivity index (χ4v) is 2.96. The first kappa shape index (κ1) is 15.8. The molecule has 0 saturated carbocycles. The van der Waals surface area contributed by atoms with Crippen molar-refractivity contribution in [2.24, 2.45) is 5.92 Å². The van der Waals surface area contributed by atoms with Crippen molar-refractivity contribution in [3.63, 3.8) is 0 Å². The largest absolute Gasteiger partial charge is 0.391 e.